The molecule has 0 bridgehead atoms. The van der Waals surface area contributed by atoms with Crippen molar-refractivity contribution < 1.29 is 9.59 Å². The Morgan fingerprint density at radius 3 is 2.00 bits per heavy atom. The van der Waals surface area contributed by atoms with Crippen molar-refractivity contribution in [3.05, 3.63) is 35.9 Å². The second-order valence-electron chi connectivity index (χ2n) is 7.19. The Hall–Kier alpha value is -1.88. The van der Waals surface area contributed by atoms with Crippen molar-refractivity contribution in [2.45, 2.75) is 53.1 Å². The monoisotopic (exact) mass is 347 g/mol. The van der Waals surface area contributed by atoms with E-state index in [-0.39, 0.29) is 37.0 Å². The van der Waals surface area contributed by atoms with Crippen LogP contribution in [0, 0.1) is 5.92 Å². The second-order valence-corrected chi connectivity index (χ2v) is 7.19. The maximum Gasteiger partial charge on any atom is 0.234 e. The summed E-state index contributed by atoms with van der Waals surface area (Å²) in [5.41, 5.74) is 1.12. The van der Waals surface area contributed by atoms with Crippen molar-refractivity contribution in [1.29, 1.82) is 0 Å². The molecule has 25 heavy (non-hydrogen) atoms. The summed E-state index contributed by atoms with van der Waals surface area (Å²) in [5, 5.41) is 5.99. The highest BCUT2D eigenvalue weighted by atomic mass is 16.2. The molecule has 0 aromatic heterocycles. The number of carbonyl (C=O) groups is 2. The lowest BCUT2D eigenvalue weighted by Gasteiger charge is -2.24. The van der Waals surface area contributed by atoms with Crippen LogP contribution in [0.2, 0.25) is 0 Å². The third-order valence-electron chi connectivity index (χ3n) is 3.88. The number of benzene rings is 1. The van der Waals surface area contributed by atoms with Crippen LogP contribution >= 0.6 is 0 Å². The predicted octanol–water partition coefficient (Wildman–Crippen LogP) is 2.74. The van der Waals surface area contributed by atoms with Gasteiger partial charge in [0.1, 0.15) is 0 Å². The highest BCUT2D eigenvalue weighted by Crippen LogP contribution is 2.20. The van der Waals surface area contributed by atoms with Gasteiger partial charge in [-0.3, -0.25) is 14.5 Å². The summed E-state index contributed by atoms with van der Waals surface area (Å²) in [6, 6.07) is 10.1. The average molecular weight is 348 g/mol. The Balaban J connectivity index is 2.64. The Bertz CT molecular complexity index is 529. The first kappa shape index (κ1) is 21.2. The zero-order valence-electron chi connectivity index (χ0n) is 16.2. The van der Waals surface area contributed by atoms with Crippen LogP contribution in [-0.4, -0.2) is 42.4 Å². The Morgan fingerprint density at radius 2 is 1.52 bits per heavy atom. The van der Waals surface area contributed by atoms with Crippen molar-refractivity contribution >= 4 is 11.8 Å². The third kappa shape index (κ3) is 8.68. The molecular weight excluding hydrogens is 314 g/mol. The molecule has 0 saturated heterocycles. The van der Waals surface area contributed by atoms with E-state index < -0.39 is 0 Å². The molecule has 0 unspecified atom stereocenters. The van der Waals surface area contributed by atoms with Crippen LogP contribution in [0.4, 0.5) is 0 Å². The molecule has 1 atom stereocenters. The fraction of sp³-hybridized carbons (Fsp3) is 0.600. The van der Waals surface area contributed by atoms with E-state index in [1.54, 1.807) is 0 Å². The molecule has 0 radical (unpaired) electrons. The summed E-state index contributed by atoms with van der Waals surface area (Å²) in [6.45, 7) is 11.2. The molecule has 1 rings (SSSR count). The van der Waals surface area contributed by atoms with Gasteiger partial charge in [0, 0.05) is 6.04 Å². The summed E-state index contributed by atoms with van der Waals surface area (Å²) in [5.74, 6) is 0.379. The van der Waals surface area contributed by atoms with Gasteiger partial charge in [-0.1, -0.05) is 51.1 Å². The minimum atomic E-state index is -0.0496. The lowest BCUT2D eigenvalue weighted by Crippen LogP contribution is -2.44. The fourth-order valence-corrected chi connectivity index (χ4v) is 2.73. The molecule has 0 spiro atoms. The van der Waals surface area contributed by atoms with Crippen LogP contribution in [-0.2, 0) is 9.59 Å². The van der Waals surface area contributed by atoms with Crippen LogP contribution < -0.4 is 10.6 Å². The number of nitrogens with one attached hydrogen (secondary N) is 2. The highest BCUT2D eigenvalue weighted by Gasteiger charge is 2.18. The number of carbonyl (C=O) groups excluding carboxylic acids is 2. The molecule has 2 amide bonds. The first-order chi connectivity index (χ1) is 11.8. The molecule has 1 aromatic carbocycles. The fourth-order valence-electron chi connectivity index (χ4n) is 2.73. The Kier molecular flexibility index (Phi) is 9.21. The Labute approximate surface area is 152 Å². The minimum absolute atomic E-state index is 0.00287. The predicted molar refractivity (Wildman–Crippen MR) is 102 cm³/mol. The molecule has 0 fully saturated rings. The maximum atomic E-state index is 12.5. The van der Waals surface area contributed by atoms with Gasteiger partial charge in [-0.15, -0.1) is 0 Å². The van der Waals surface area contributed by atoms with E-state index in [9.17, 15) is 9.59 Å². The largest absolute Gasteiger partial charge is 0.353 e. The zero-order valence-corrected chi connectivity index (χ0v) is 16.2. The first-order valence-electron chi connectivity index (χ1n) is 9.17. The number of hydrogen-bond donors (Lipinski definition) is 2. The van der Waals surface area contributed by atoms with E-state index in [1.807, 2.05) is 56.0 Å². The van der Waals surface area contributed by atoms with Gasteiger partial charge in [0.25, 0.3) is 0 Å². The summed E-state index contributed by atoms with van der Waals surface area (Å²) in [4.78, 5) is 26.3. The molecule has 1 aromatic rings. The van der Waals surface area contributed by atoms with Gasteiger partial charge in [0.2, 0.25) is 11.8 Å². The van der Waals surface area contributed by atoms with E-state index in [4.69, 9.17) is 0 Å². The summed E-state index contributed by atoms with van der Waals surface area (Å²) >= 11 is 0. The van der Waals surface area contributed by atoms with E-state index in [0.717, 1.165) is 12.0 Å². The summed E-state index contributed by atoms with van der Waals surface area (Å²) in [7, 11) is 0. The van der Waals surface area contributed by atoms with Crippen LogP contribution in [0.15, 0.2) is 30.3 Å². The lowest BCUT2D eigenvalue weighted by molar-refractivity contribution is -0.125. The van der Waals surface area contributed by atoms with E-state index in [1.165, 1.54) is 0 Å². The van der Waals surface area contributed by atoms with Crippen LogP contribution in [0.1, 0.15) is 52.6 Å². The maximum absolute atomic E-state index is 12.5. The molecule has 5 heteroatoms. The standard InChI is InChI=1S/C20H33N3O2/c1-6-23(13-19(24)21-16(4)5)14-20(25)22-18(12-15(2)3)17-10-8-7-9-11-17/h7-11,15-16,18H,6,12-14H2,1-5H3,(H,21,24)(H,22,25)/t18-/m0/s1. The number of likely N-dealkylation sites (N-methyl/N-ethyl adjacent to an activating group) is 1. The molecule has 5 nitrogen and oxygen atoms in total. The molecule has 0 aliphatic heterocycles. The first-order valence-corrected chi connectivity index (χ1v) is 9.17. The van der Waals surface area contributed by atoms with Gasteiger partial charge < -0.3 is 10.6 Å². The van der Waals surface area contributed by atoms with Crippen LogP contribution in [0.5, 0.6) is 0 Å². The lowest BCUT2D eigenvalue weighted by atomic mass is 9.97. The quantitative estimate of drug-likeness (QED) is 0.684. The second kappa shape index (κ2) is 10.9. The number of nitrogens with zero attached hydrogens (tertiary/aromatic N) is 1. The van der Waals surface area contributed by atoms with Crippen molar-refractivity contribution in [3.63, 3.8) is 0 Å². The molecule has 140 valence electrons. The number of amides is 2. The zero-order chi connectivity index (χ0) is 18.8. The van der Waals surface area contributed by atoms with Crippen molar-refractivity contribution in [2.75, 3.05) is 19.6 Å². The molecular formula is C20H33N3O2. The number of rotatable bonds is 10. The summed E-state index contributed by atoms with van der Waals surface area (Å²) in [6.07, 6.45) is 0.885. The minimum Gasteiger partial charge on any atom is -0.353 e. The van der Waals surface area contributed by atoms with Crippen molar-refractivity contribution in [2.24, 2.45) is 5.92 Å². The van der Waals surface area contributed by atoms with E-state index >= 15 is 0 Å². The van der Waals surface area contributed by atoms with Gasteiger partial charge in [-0.25, -0.2) is 0 Å². The smallest absolute Gasteiger partial charge is 0.234 e. The topological polar surface area (TPSA) is 61.4 Å². The highest BCUT2D eigenvalue weighted by molar-refractivity contribution is 5.81. The van der Waals surface area contributed by atoms with Gasteiger partial charge in [-0.2, -0.15) is 0 Å². The summed E-state index contributed by atoms with van der Waals surface area (Å²) < 4.78 is 0. The van der Waals surface area contributed by atoms with Gasteiger partial charge in [0.15, 0.2) is 0 Å². The van der Waals surface area contributed by atoms with E-state index in [2.05, 4.69) is 24.5 Å². The van der Waals surface area contributed by atoms with Crippen molar-refractivity contribution in [1.82, 2.24) is 15.5 Å². The van der Waals surface area contributed by atoms with Crippen molar-refractivity contribution in [3.8, 4) is 0 Å². The molecule has 0 heterocycles. The molecule has 0 saturated carbocycles. The van der Waals surface area contributed by atoms with Crippen LogP contribution in [0.3, 0.4) is 0 Å². The molecule has 0 aliphatic carbocycles. The van der Waals surface area contributed by atoms with Gasteiger partial charge in [0.05, 0.1) is 19.1 Å². The van der Waals surface area contributed by atoms with E-state index in [0.29, 0.717) is 12.5 Å². The Morgan fingerprint density at radius 1 is 0.960 bits per heavy atom. The normalized spacial score (nSPS) is 12.5. The van der Waals surface area contributed by atoms with Gasteiger partial charge >= 0.3 is 0 Å². The molecule has 2 N–H and O–H groups in total. The van der Waals surface area contributed by atoms with Crippen LogP contribution in [0.25, 0.3) is 0 Å². The third-order valence-corrected chi connectivity index (χ3v) is 3.88. The SMILES string of the molecule is CCN(CC(=O)NC(C)C)CC(=O)N[C@@H](CC(C)C)c1ccccc1. The molecule has 0 aliphatic rings. The average Bonchev–Trinajstić information content (AvgIpc) is 2.53. The number of hydrogen-bond acceptors (Lipinski definition) is 3. The van der Waals surface area contributed by atoms with Gasteiger partial charge in [-0.05, 0) is 38.3 Å².